The SMILES string of the molecule is COCC(C)(C)NCc1ccc(C(C)C)cc1. The monoisotopic (exact) mass is 235 g/mol. The van der Waals surface area contributed by atoms with Gasteiger partial charge in [0.2, 0.25) is 0 Å². The van der Waals surface area contributed by atoms with Gasteiger partial charge in [-0.3, -0.25) is 0 Å². The van der Waals surface area contributed by atoms with Gasteiger partial charge >= 0.3 is 0 Å². The first kappa shape index (κ1) is 14.2. The lowest BCUT2D eigenvalue weighted by Gasteiger charge is -2.25. The van der Waals surface area contributed by atoms with Crippen LogP contribution >= 0.6 is 0 Å². The highest BCUT2D eigenvalue weighted by Gasteiger charge is 2.15. The summed E-state index contributed by atoms with van der Waals surface area (Å²) in [5.74, 6) is 0.599. The molecule has 0 aliphatic heterocycles. The molecule has 0 aliphatic rings. The quantitative estimate of drug-likeness (QED) is 0.816. The van der Waals surface area contributed by atoms with Gasteiger partial charge in [-0.15, -0.1) is 0 Å². The van der Waals surface area contributed by atoms with Gasteiger partial charge < -0.3 is 10.1 Å². The molecule has 0 aliphatic carbocycles. The van der Waals surface area contributed by atoms with E-state index in [0.717, 1.165) is 13.2 Å². The van der Waals surface area contributed by atoms with E-state index < -0.39 is 0 Å². The fourth-order valence-corrected chi connectivity index (χ4v) is 1.77. The predicted octanol–water partition coefficient (Wildman–Crippen LogP) is 3.32. The zero-order chi connectivity index (χ0) is 12.9. The third kappa shape index (κ3) is 4.88. The van der Waals surface area contributed by atoms with E-state index in [4.69, 9.17) is 4.74 Å². The van der Waals surface area contributed by atoms with Gasteiger partial charge in [0.15, 0.2) is 0 Å². The second-order valence-electron chi connectivity index (χ2n) is 5.57. The highest BCUT2D eigenvalue weighted by atomic mass is 16.5. The van der Waals surface area contributed by atoms with Crippen molar-refractivity contribution in [3.8, 4) is 0 Å². The largest absolute Gasteiger partial charge is 0.383 e. The van der Waals surface area contributed by atoms with Crippen LogP contribution in [0.2, 0.25) is 0 Å². The smallest absolute Gasteiger partial charge is 0.0639 e. The molecule has 17 heavy (non-hydrogen) atoms. The third-order valence-electron chi connectivity index (χ3n) is 2.92. The lowest BCUT2D eigenvalue weighted by atomic mass is 10.0. The highest BCUT2D eigenvalue weighted by Crippen LogP contribution is 2.15. The van der Waals surface area contributed by atoms with Crippen LogP contribution in [-0.2, 0) is 11.3 Å². The number of hydrogen-bond donors (Lipinski definition) is 1. The first-order chi connectivity index (χ1) is 7.94. The molecule has 0 spiro atoms. The van der Waals surface area contributed by atoms with Gasteiger partial charge in [-0.1, -0.05) is 38.1 Å². The first-order valence-corrected chi connectivity index (χ1v) is 6.27. The minimum absolute atomic E-state index is 0.0193. The Kier molecular flexibility index (Phi) is 5.16. The van der Waals surface area contributed by atoms with Crippen LogP contribution in [0, 0.1) is 0 Å². The Bertz CT molecular complexity index is 327. The molecule has 0 heterocycles. The molecule has 1 rings (SSSR count). The van der Waals surface area contributed by atoms with Gasteiger partial charge in [0, 0.05) is 19.2 Å². The van der Waals surface area contributed by atoms with E-state index >= 15 is 0 Å². The molecule has 0 unspecified atom stereocenters. The first-order valence-electron chi connectivity index (χ1n) is 6.27. The summed E-state index contributed by atoms with van der Waals surface area (Å²) in [6.45, 7) is 10.3. The van der Waals surface area contributed by atoms with E-state index in [2.05, 4.69) is 57.3 Å². The molecule has 1 aromatic rings. The molecular weight excluding hydrogens is 210 g/mol. The van der Waals surface area contributed by atoms with Crippen molar-refractivity contribution >= 4 is 0 Å². The molecule has 2 heteroatoms. The Morgan fingerprint density at radius 1 is 1.18 bits per heavy atom. The maximum absolute atomic E-state index is 5.18. The second kappa shape index (κ2) is 6.18. The minimum atomic E-state index is 0.0193. The lowest BCUT2D eigenvalue weighted by molar-refractivity contribution is 0.128. The van der Waals surface area contributed by atoms with Gasteiger partial charge in [0.25, 0.3) is 0 Å². The Balaban J connectivity index is 2.52. The van der Waals surface area contributed by atoms with Crippen LogP contribution in [0.4, 0.5) is 0 Å². The maximum atomic E-state index is 5.18. The summed E-state index contributed by atoms with van der Waals surface area (Å²) >= 11 is 0. The number of methoxy groups -OCH3 is 1. The maximum Gasteiger partial charge on any atom is 0.0639 e. The molecule has 0 saturated carbocycles. The fraction of sp³-hybridized carbons (Fsp3) is 0.600. The van der Waals surface area contributed by atoms with Gasteiger partial charge in [0.05, 0.1) is 6.61 Å². The summed E-state index contributed by atoms with van der Waals surface area (Å²) in [7, 11) is 1.74. The van der Waals surface area contributed by atoms with Crippen LogP contribution in [0.3, 0.4) is 0 Å². The molecule has 1 aromatic carbocycles. The second-order valence-corrected chi connectivity index (χ2v) is 5.57. The van der Waals surface area contributed by atoms with Gasteiger partial charge in [-0.2, -0.15) is 0 Å². The molecule has 96 valence electrons. The summed E-state index contributed by atoms with van der Waals surface area (Å²) in [6, 6.07) is 8.83. The van der Waals surface area contributed by atoms with Crippen LogP contribution in [0.5, 0.6) is 0 Å². The van der Waals surface area contributed by atoms with Gasteiger partial charge in [-0.25, -0.2) is 0 Å². The van der Waals surface area contributed by atoms with E-state index in [1.807, 2.05) is 0 Å². The lowest BCUT2D eigenvalue weighted by Crippen LogP contribution is -2.42. The molecule has 0 fully saturated rings. The molecular formula is C15H25NO. The standard InChI is InChI=1S/C15H25NO/c1-12(2)14-8-6-13(7-9-14)10-16-15(3,4)11-17-5/h6-9,12,16H,10-11H2,1-5H3. The molecule has 0 atom stereocenters. The highest BCUT2D eigenvalue weighted by molar-refractivity contribution is 5.24. The molecule has 0 amide bonds. The fourth-order valence-electron chi connectivity index (χ4n) is 1.77. The van der Waals surface area contributed by atoms with Gasteiger partial charge in [0.1, 0.15) is 0 Å². The molecule has 0 radical (unpaired) electrons. The third-order valence-corrected chi connectivity index (χ3v) is 2.92. The van der Waals surface area contributed by atoms with Crippen molar-refractivity contribution in [2.75, 3.05) is 13.7 Å². The predicted molar refractivity (Wildman–Crippen MR) is 73.3 cm³/mol. The molecule has 0 aromatic heterocycles. The molecule has 0 bridgehead atoms. The summed E-state index contributed by atoms with van der Waals surface area (Å²) in [5, 5.41) is 3.50. The summed E-state index contributed by atoms with van der Waals surface area (Å²) < 4.78 is 5.18. The normalized spacial score (nSPS) is 12.1. The van der Waals surface area contributed by atoms with E-state index in [-0.39, 0.29) is 5.54 Å². The number of rotatable bonds is 6. The van der Waals surface area contributed by atoms with Crippen LogP contribution in [0.1, 0.15) is 44.7 Å². The van der Waals surface area contributed by atoms with E-state index in [1.54, 1.807) is 7.11 Å². The zero-order valence-electron chi connectivity index (χ0n) is 11.7. The number of hydrogen-bond acceptors (Lipinski definition) is 2. The molecule has 0 saturated heterocycles. The Hall–Kier alpha value is -0.860. The summed E-state index contributed by atoms with van der Waals surface area (Å²) in [4.78, 5) is 0. The zero-order valence-corrected chi connectivity index (χ0v) is 11.7. The van der Waals surface area contributed by atoms with Crippen LogP contribution in [-0.4, -0.2) is 19.3 Å². The Labute approximate surface area is 105 Å². The number of nitrogens with one attached hydrogen (secondary N) is 1. The van der Waals surface area contributed by atoms with Gasteiger partial charge in [-0.05, 0) is 30.9 Å². The molecule has 1 N–H and O–H groups in total. The van der Waals surface area contributed by atoms with Crippen LogP contribution in [0.25, 0.3) is 0 Å². The minimum Gasteiger partial charge on any atom is -0.383 e. The Morgan fingerprint density at radius 3 is 2.24 bits per heavy atom. The summed E-state index contributed by atoms with van der Waals surface area (Å²) in [5.41, 5.74) is 2.73. The van der Waals surface area contributed by atoms with Crippen molar-refractivity contribution in [3.63, 3.8) is 0 Å². The van der Waals surface area contributed by atoms with Crippen molar-refractivity contribution in [1.82, 2.24) is 5.32 Å². The van der Waals surface area contributed by atoms with Crippen molar-refractivity contribution in [1.29, 1.82) is 0 Å². The molecule has 2 nitrogen and oxygen atoms in total. The average Bonchev–Trinajstić information content (AvgIpc) is 2.27. The van der Waals surface area contributed by atoms with E-state index in [9.17, 15) is 0 Å². The van der Waals surface area contributed by atoms with Crippen molar-refractivity contribution in [3.05, 3.63) is 35.4 Å². The van der Waals surface area contributed by atoms with Crippen LogP contribution in [0.15, 0.2) is 24.3 Å². The van der Waals surface area contributed by atoms with Crippen LogP contribution < -0.4 is 5.32 Å². The summed E-state index contributed by atoms with van der Waals surface area (Å²) in [6.07, 6.45) is 0. The van der Waals surface area contributed by atoms with E-state index in [0.29, 0.717) is 5.92 Å². The van der Waals surface area contributed by atoms with Crippen molar-refractivity contribution in [2.24, 2.45) is 0 Å². The van der Waals surface area contributed by atoms with Crippen molar-refractivity contribution in [2.45, 2.75) is 45.7 Å². The number of benzene rings is 1. The Morgan fingerprint density at radius 2 is 1.76 bits per heavy atom. The number of ether oxygens (including phenoxy) is 1. The van der Waals surface area contributed by atoms with Crippen molar-refractivity contribution < 1.29 is 4.74 Å². The van der Waals surface area contributed by atoms with E-state index in [1.165, 1.54) is 11.1 Å². The topological polar surface area (TPSA) is 21.3 Å². The average molecular weight is 235 g/mol.